The third-order valence-electron chi connectivity index (χ3n) is 2.66. The van der Waals surface area contributed by atoms with Crippen molar-refractivity contribution in [1.29, 1.82) is 0 Å². The Labute approximate surface area is 120 Å². The van der Waals surface area contributed by atoms with Crippen LogP contribution in [0.25, 0.3) is 0 Å². The van der Waals surface area contributed by atoms with Gasteiger partial charge in [0.05, 0.1) is 15.6 Å². The fraction of sp³-hybridized carbons (Fsp3) is 0.0769. The summed E-state index contributed by atoms with van der Waals surface area (Å²) >= 11 is 5.73. The van der Waals surface area contributed by atoms with Crippen LogP contribution in [0.15, 0.2) is 53.4 Å². The van der Waals surface area contributed by atoms with Gasteiger partial charge in [-0.1, -0.05) is 29.8 Å². The Bertz CT molecular complexity index is 741. The predicted octanol–water partition coefficient (Wildman–Crippen LogP) is 3.22. The zero-order valence-corrected chi connectivity index (χ0v) is 11.8. The Hall–Kier alpha value is -1.92. The molecule has 0 unspecified atom stereocenters. The summed E-state index contributed by atoms with van der Waals surface area (Å²) in [6.45, 7) is 0. The largest absolute Gasteiger partial charge is 0.270 e. The van der Waals surface area contributed by atoms with Gasteiger partial charge in [0.2, 0.25) is 0 Å². The summed E-state index contributed by atoms with van der Waals surface area (Å²) in [6.07, 6.45) is 0. The first-order valence-corrected chi connectivity index (χ1v) is 7.63. The van der Waals surface area contributed by atoms with Crippen LogP contribution in [-0.2, 0) is 15.6 Å². The van der Waals surface area contributed by atoms with Crippen LogP contribution >= 0.6 is 11.6 Å². The van der Waals surface area contributed by atoms with Crippen molar-refractivity contribution in [3.05, 3.63) is 69.2 Å². The molecule has 7 heteroatoms. The number of nitro benzene ring substituents is 1. The fourth-order valence-corrected chi connectivity index (χ4v) is 3.18. The highest BCUT2D eigenvalue weighted by Gasteiger charge is 2.18. The van der Waals surface area contributed by atoms with Crippen LogP contribution in [0.4, 0.5) is 5.69 Å². The molecule has 0 amide bonds. The van der Waals surface area contributed by atoms with E-state index in [4.69, 9.17) is 11.6 Å². The average molecular weight is 312 g/mol. The molecule has 20 heavy (non-hydrogen) atoms. The SMILES string of the molecule is O=[N+]([O-])c1cccc(S(=O)(=O)Cc2ccc(Cl)cc2)c1. The van der Waals surface area contributed by atoms with E-state index in [9.17, 15) is 18.5 Å². The van der Waals surface area contributed by atoms with Crippen molar-refractivity contribution < 1.29 is 13.3 Å². The number of nitro groups is 1. The monoisotopic (exact) mass is 311 g/mol. The first-order valence-electron chi connectivity index (χ1n) is 5.60. The van der Waals surface area contributed by atoms with Gasteiger partial charge < -0.3 is 0 Å². The molecule has 0 saturated carbocycles. The Balaban J connectivity index is 2.33. The topological polar surface area (TPSA) is 77.3 Å². The number of nitrogens with zero attached hydrogens (tertiary/aromatic N) is 1. The normalized spacial score (nSPS) is 11.2. The van der Waals surface area contributed by atoms with Crippen molar-refractivity contribution in [2.75, 3.05) is 0 Å². The van der Waals surface area contributed by atoms with Gasteiger partial charge in [-0.3, -0.25) is 10.1 Å². The van der Waals surface area contributed by atoms with Gasteiger partial charge in [-0.05, 0) is 23.8 Å². The summed E-state index contributed by atoms with van der Waals surface area (Å²) < 4.78 is 24.4. The van der Waals surface area contributed by atoms with Gasteiger partial charge >= 0.3 is 0 Å². The zero-order valence-electron chi connectivity index (χ0n) is 10.2. The molecule has 2 aromatic rings. The molecule has 0 spiro atoms. The van der Waals surface area contributed by atoms with Crippen LogP contribution < -0.4 is 0 Å². The molecule has 0 atom stereocenters. The van der Waals surface area contributed by atoms with Gasteiger partial charge in [-0.15, -0.1) is 0 Å². The highest BCUT2D eigenvalue weighted by molar-refractivity contribution is 7.90. The average Bonchev–Trinajstić information content (AvgIpc) is 2.41. The summed E-state index contributed by atoms with van der Waals surface area (Å²) in [4.78, 5) is 9.98. The molecule has 0 aliphatic carbocycles. The molecule has 0 fully saturated rings. The Kier molecular flexibility index (Phi) is 4.06. The van der Waals surface area contributed by atoms with Crippen LogP contribution in [0.1, 0.15) is 5.56 Å². The quantitative estimate of drug-likeness (QED) is 0.641. The molecule has 0 aliphatic heterocycles. The molecule has 2 aromatic carbocycles. The third kappa shape index (κ3) is 3.34. The van der Waals surface area contributed by atoms with Crippen LogP contribution in [-0.4, -0.2) is 13.3 Å². The van der Waals surface area contributed by atoms with E-state index < -0.39 is 14.8 Å². The summed E-state index contributed by atoms with van der Waals surface area (Å²) in [5.74, 6) is -0.231. The molecule has 0 aromatic heterocycles. The molecule has 0 N–H and O–H groups in total. The minimum absolute atomic E-state index is 0.0679. The molecule has 104 valence electrons. The molecule has 0 heterocycles. The lowest BCUT2D eigenvalue weighted by Crippen LogP contribution is -2.05. The number of non-ortho nitro benzene ring substituents is 1. The van der Waals surface area contributed by atoms with Gasteiger partial charge in [0.15, 0.2) is 9.84 Å². The molecular formula is C13H10ClNO4S. The minimum atomic E-state index is -3.63. The van der Waals surface area contributed by atoms with Crippen molar-refractivity contribution in [2.45, 2.75) is 10.6 Å². The maximum absolute atomic E-state index is 12.2. The molecule has 0 saturated heterocycles. The van der Waals surface area contributed by atoms with Gasteiger partial charge in [0.1, 0.15) is 0 Å². The van der Waals surface area contributed by atoms with E-state index in [0.29, 0.717) is 10.6 Å². The zero-order chi connectivity index (χ0) is 14.8. The Morgan fingerprint density at radius 3 is 2.35 bits per heavy atom. The molecule has 0 radical (unpaired) electrons. The van der Waals surface area contributed by atoms with Crippen molar-refractivity contribution in [1.82, 2.24) is 0 Å². The smallest absolute Gasteiger partial charge is 0.258 e. The molecule has 5 nitrogen and oxygen atoms in total. The first kappa shape index (κ1) is 14.5. The Morgan fingerprint density at radius 2 is 1.75 bits per heavy atom. The van der Waals surface area contributed by atoms with E-state index in [1.54, 1.807) is 24.3 Å². The number of hydrogen-bond donors (Lipinski definition) is 0. The summed E-state index contributed by atoms with van der Waals surface area (Å²) in [5.41, 5.74) is 0.322. The van der Waals surface area contributed by atoms with Crippen LogP contribution in [0.2, 0.25) is 5.02 Å². The minimum Gasteiger partial charge on any atom is -0.258 e. The van der Waals surface area contributed by atoms with E-state index in [-0.39, 0.29) is 16.3 Å². The van der Waals surface area contributed by atoms with Gasteiger partial charge in [-0.25, -0.2) is 8.42 Å². The number of sulfone groups is 1. The maximum atomic E-state index is 12.2. The van der Waals surface area contributed by atoms with Gasteiger partial charge in [0, 0.05) is 17.2 Å². The number of hydrogen-bond acceptors (Lipinski definition) is 4. The predicted molar refractivity (Wildman–Crippen MR) is 75.4 cm³/mol. The second-order valence-corrected chi connectivity index (χ2v) is 6.57. The van der Waals surface area contributed by atoms with E-state index in [1.807, 2.05) is 0 Å². The van der Waals surface area contributed by atoms with Crippen molar-refractivity contribution in [2.24, 2.45) is 0 Å². The molecule has 2 rings (SSSR count). The second-order valence-electron chi connectivity index (χ2n) is 4.14. The summed E-state index contributed by atoms with van der Waals surface area (Å²) in [7, 11) is -3.63. The Morgan fingerprint density at radius 1 is 1.10 bits per heavy atom. The van der Waals surface area contributed by atoms with Gasteiger partial charge in [0.25, 0.3) is 5.69 Å². The number of benzene rings is 2. The third-order valence-corrected chi connectivity index (χ3v) is 4.60. The fourth-order valence-electron chi connectivity index (χ4n) is 1.67. The van der Waals surface area contributed by atoms with Crippen molar-refractivity contribution in [3.63, 3.8) is 0 Å². The maximum Gasteiger partial charge on any atom is 0.270 e. The first-order chi connectivity index (χ1) is 9.38. The van der Waals surface area contributed by atoms with Crippen LogP contribution in [0.5, 0.6) is 0 Å². The molecular weight excluding hydrogens is 302 g/mol. The number of halogens is 1. The van der Waals surface area contributed by atoms with E-state index in [0.717, 1.165) is 6.07 Å². The van der Waals surface area contributed by atoms with Crippen LogP contribution in [0.3, 0.4) is 0 Å². The summed E-state index contributed by atoms with van der Waals surface area (Å²) in [5, 5.41) is 11.2. The van der Waals surface area contributed by atoms with Crippen molar-refractivity contribution >= 4 is 27.1 Å². The molecule has 0 bridgehead atoms. The van der Waals surface area contributed by atoms with E-state index in [2.05, 4.69) is 0 Å². The lowest BCUT2D eigenvalue weighted by atomic mass is 10.2. The van der Waals surface area contributed by atoms with Gasteiger partial charge in [-0.2, -0.15) is 0 Å². The lowest BCUT2D eigenvalue weighted by Gasteiger charge is -2.05. The second kappa shape index (κ2) is 5.60. The van der Waals surface area contributed by atoms with Crippen LogP contribution in [0, 0.1) is 10.1 Å². The van der Waals surface area contributed by atoms with E-state index in [1.165, 1.54) is 18.2 Å². The summed E-state index contributed by atoms with van der Waals surface area (Å²) in [6, 6.07) is 11.4. The lowest BCUT2D eigenvalue weighted by molar-refractivity contribution is -0.385. The molecule has 0 aliphatic rings. The van der Waals surface area contributed by atoms with Crippen molar-refractivity contribution in [3.8, 4) is 0 Å². The highest BCUT2D eigenvalue weighted by atomic mass is 35.5. The standard InChI is InChI=1S/C13H10ClNO4S/c14-11-6-4-10(5-7-11)9-20(18,19)13-3-1-2-12(8-13)15(16)17/h1-8H,9H2. The highest BCUT2D eigenvalue weighted by Crippen LogP contribution is 2.21. The van der Waals surface area contributed by atoms with E-state index >= 15 is 0 Å². The number of rotatable bonds is 4.